The number of ether oxygens (including phenoxy) is 1. The first-order valence-corrected chi connectivity index (χ1v) is 8.08. The average molecular weight is 311 g/mol. The van der Waals surface area contributed by atoms with E-state index in [2.05, 4.69) is 26.1 Å². The summed E-state index contributed by atoms with van der Waals surface area (Å²) in [7, 11) is 0. The maximum atomic E-state index is 12.2. The summed E-state index contributed by atoms with van der Waals surface area (Å²) in [6, 6.07) is 15.4. The third-order valence-corrected chi connectivity index (χ3v) is 4.03. The van der Waals surface area contributed by atoms with Crippen LogP contribution in [0.15, 0.2) is 48.5 Å². The molecule has 122 valence electrons. The molecule has 0 fully saturated rings. The van der Waals surface area contributed by atoms with Crippen LogP contribution in [0.25, 0.3) is 0 Å². The molecule has 0 atom stereocenters. The van der Waals surface area contributed by atoms with Crippen LogP contribution in [0.3, 0.4) is 0 Å². The van der Waals surface area contributed by atoms with Gasteiger partial charge in [-0.05, 0) is 36.5 Å². The molecule has 3 heteroatoms. The quantitative estimate of drug-likeness (QED) is 0.771. The number of benzene rings is 2. The second-order valence-corrected chi connectivity index (χ2v) is 6.47. The van der Waals surface area contributed by atoms with E-state index >= 15 is 0 Å². The number of hydrogen-bond donors (Lipinski definition) is 1. The second kappa shape index (κ2) is 7.32. The van der Waals surface area contributed by atoms with Gasteiger partial charge in [0.25, 0.3) is 0 Å². The number of carbonyl (C=O) groups is 1. The Labute approximate surface area is 138 Å². The van der Waals surface area contributed by atoms with Crippen molar-refractivity contribution in [1.29, 1.82) is 0 Å². The molecule has 0 unspecified atom stereocenters. The number of anilines is 1. The molecule has 2 aromatic rings. The van der Waals surface area contributed by atoms with Gasteiger partial charge < -0.3 is 4.74 Å². The SMILES string of the molecule is CCCC(C)(C)c1cccc(C)c1OC(=O)Nc1ccccc1. The van der Waals surface area contributed by atoms with Crippen molar-refractivity contribution in [2.75, 3.05) is 5.32 Å². The van der Waals surface area contributed by atoms with Crippen LogP contribution in [0.5, 0.6) is 5.75 Å². The smallest absolute Gasteiger partial charge is 0.410 e. The van der Waals surface area contributed by atoms with Gasteiger partial charge in [0, 0.05) is 11.3 Å². The molecule has 0 saturated heterocycles. The van der Waals surface area contributed by atoms with Gasteiger partial charge in [-0.15, -0.1) is 0 Å². The predicted molar refractivity (Wildman–Crippen MR) is 95.2 cm³/mol. The molecule has 0 aliphatic carbocycles. The monoisotopic (exact) mass is 311 g/mol. The van der Waals surface area contributed by atoms with Crippen molar-refractivity contribution in [3.8, 4) is 5.75 Å². The van der Waals surface area contributed by atoms with Crippen LogP contribution in [-0.4, -0.2) is 6.09 Å². The fourth-order valence-corrected chi connectivity index (χ4v) is 2.84. The largest absolute Gasteiger partial charge is 0.417 e. The summed E-state index contributed by atoms with van der Waals surface area (Å²) in [5.41, 5.74) is 2.72. The zero-order valence-corrected chi connectivity index (χ0v) is 14.3. The minimum Gasteiger partial charge on any atom is -0.410 e. The number of para-hydroxylation sites is 2. The fraction of sp³-hybridized carbons (Fsp3) is 0.350. The van der Waals surface area contributed by atoms with E-state index in [1.165, 1.54) is 0 Å². The average Bonchev–Trinajstić information content (AvgIpc) is 2.50. The molecule has 2 aromatic carbocycles. The number of amides is 1. The molecule has 0 spiro atoms. The van der Waals surface area contributed by atoms with Crippen LogP contribution in [0.4, 0.5) is 10.5 Å². The second-order valence-electron chi connectivity index (χ2n) is 6.47. The Morgan fingerprint density at radius 1 is 1.09 bits per heavy atom. The highest BCUT2D eigenvalue weighted by Crippen LogP contribution is 2.37. The van der Waals surface area contributed by atoms with E-state index in [4.69, 9.17) is 4.74 Å². The van der Waals surface area contributed by atoms with Gasteiger partial charge in [0.2, 0.25) is 0 Å². The lowest BCUT2D eigenvalue weighted by Crippen LogP contribution is -2.22. The normalized spacial score (nSPS) is 11.1. The standard InChI is InChI=1S/C20H25NO2/c1-5-14-20(3,4)17-13-9-10-15(2)18(17)23-19(22)21-16-11-7-6-8-12-16/h6-13H,5,14H2,1-4H3,(H,21,22). The van der Waals surface area contributed by atoms with Gasteiger partial charge in [0.05, 0.1) is 0 Å². The number of nitrogens with one attached hydrogen (secondary N) is 1. The van der Waals surface area contributed by atoms with Crippen molar-refractivity contribution in [3.05, 3.63) is 59.7 Å². The van der Waals surface area contributed by atoms with Crippen LogP contribution >= 0.6 is 0 Å². The van der Waals surface area contributed by atoms with Crippen molar-refractivity contribution in [2.24, 2.45) is 0 Å². The van der Waals surface area contributed by atoms with Gasteiger partial charge in [0.15, 0.2) is 0 Å². The third kappa shape index (κ3) is 4.35. The van der Waals surface area contributed by atoms with Gasteiger partial charge >= 0.3 is 6.09 Å². The first-order chi connectivity index (χ1) is 10.9. The summed E-state index contributed by atoms with van der Waals surface area (Å²) >= 11 is 0. The van der Waals surface area contributed by atoms with E-state index in [1.807, 2.05) is 55.5 Å². The molecule has 0 heterocycles. The van der Waals surface area contributed by atoms with Crippen molar-refractivity contribution in [3.63, 3.8) is 0 Å². The minimum absolute atomic E-state index is 0.0386. The molecule has 0 radical (unpaired) electrons. The molecular weight excluding hydrogens is 286 g/mol. The van der Waals surface area contributed by atoms with Crippen LogP contribution in [-0.2, 0) is 5.41 Å². The van der Waals surface area contributed by atoms with Gasteiger partial charge in [-0.25, -0.2) is 4.79 Å². The lowest BCUT2D eigenvalue weighted by Gasteiger charge is -2.27. The van der Waals surface area contributed by atoms with Gasteiger partial charge in [-0.1, -0.05) is 63.6 Å². The molecule has 0 aliphatic rings. The molecule has 1 N–H and O–H groups in total. The summed E-state index contributed by atoms with van der Waals surface area (Å²) < 4.78 is 5.66. The molecule has 2 rings (SSSR count). The zero-order chi connectivity index (χ0) is 16.9. The summed E-state index contributed by atoms with van der Waals surface area (Å²) in [6.07, 6.45) is 1.66. The van der Waals surface area contributed by atoms with Crippen LogP contribution < -0.4 is 10.1 Å². The van der Waals surface area contributed by atoms with E-state index in [0.29, 0.717) is 5.75 Å². The highest BCUT2D eigenvalue weighted by atomic mass is 16.6. The van der Waals surface area contributed by atoms with Crippen LogP contribution in [0.2, 0.25) is 0 Å². The van der Waals surface area contributed by atoms with Crippen LogP contribution in [0.1, 0.15) is 44.7 Å². The predicted octanol–water partition coefficient (Wildman–Crippen LogP) is 5.68. The lowest BCUT2D eigenvalue weighted by atomic mass is 9.79. The number of rotatable bonds is 5. The third-order valence-electron chi connectivity index (χ3n) is 4.03. The molecule has 23 heavy (non-hydrogen) atoms. The Hall–Kier alpha value is -2.29. The van der Waals surface area contributed by atoms with Gasteiger partial charge in [-0.2, -0.15) is 0 Å². The van der Waals surface area contributed by atoms with E-state index in [1.54, 1.807) is 0 Å². The fourth-order valence-electron chi connectivity index (χ4n) is 2.84. The van der Waals surface area contributed by atoms with E-state index in [0.717, 1.165) is 29.7 Å². The molecule has 1 amide bonds. The molecule has 0 aromatic heterocycles. The summed E-state index contributed by atoms with van der Waals surface area (Å²) in [4.78, 5) is 12.2. The first-order valence-electron chi connectivity index (χ1n) is 8.08. The van der Waals surface area contributed by atoms with E-state index < -0.39 is 6.09 Å². The van der Waals surface area contributed by atoms with Crippen molar-refractivity contribution in [2.45, 2.75) is 46.0 Å². The maximum Gasteiger partial charge on any atom is 0.417 e. The highest BCUT2D eigenvalue weighted by Gasteiger charge is 2.25. The molecule has 0 aliphatic heterocycles. The minimum atomic E-state index is -0.459. The van der Waals surface area contributed by atoms with Crippen molar-refractivity contribution < 1.29 is 9.53 Å². The number of aryl methyl sites for hydroxylation is 1. The Morgan fingerprint density at radius 3 is 2.43 bits per heavy atom. The van der Waals surface area contributed by atoms with Crippen molar-refractivity contribution in [1.82, 2.24) is 0 Å². The Bertz CT molecular complexity index is 663. The maximum absolute atomic E-state index is 12.2. The Morgan fingerprint density at radius 2 is 1.78 bits per heavy atom. The topological polar surface area (TPSA) is 38.3 Å². The summed E-state index contributed by atoms with van der Waals surface area (Å²) in [5, 5.41) is 2.77. The Balaban J connectivity index is 2.24. The summed E-state index contributed by atoms with van der Waals surface area (Å²) in [6.45, 7) is 8.51. The highest BCUT2D eigenvalue weighted by molar-refractivity contribution is 5.86. The number of hydrogen-bond acceptors (Lipinski definition) is 2. The van der Waals surface area contributed by atoms with Gasteiger partial charge in [0.1, 0.15) is 5.75 Å². The van der Waals surface area contributed by atoms with E-state index in [9.17, 15) is 4.79 Å². The van der Waals surface area contributed by atoms with Crippen molar-refractivity contribution >= 4 is 11.8 Å². The lowest BCUT2D eigenvalue weighted by molar-refractivity contribution is 0.213. The molecule has 0 bridgehead atoms. The summed E-state index contributed by atoms with van der Waals surface area (Å²) in [5.74, 6) is 0.666. The Kier molecular flexibility index (Phi) is 5.43. The first kappa shape index (κ1) is 17.1. The van der Waals surface area contributed by atoms with E-state index in [-0.39, 0.29) is 5.41 Å². The molecule has 0 saturated carbocycles. The van der Waals surface area contributed by atoms with Gasteiger partial charge in [-0.3, -0.25) is 5.32 Å². The molecular formula is C20H25NO2. The molecule has 3 nitrogen and oxygen atoms in total. The zero-order valence-electron chi connectivity index (χ0n) is 14.3. The number of carbonyl (C=O) groups excluding carboxylic acids is 1. The van der Waals surface area contributed by atoms with Crippen LogP contribution in [0, 0.1) is 6.92 Å².